The van der Waals surface area contributed by atoms with E-state index in [4.69, 9.17) is 0 Å². The van der Waals surface area contributed by atoms with Gasteiger partial charge in [0.05, 0.1) is 0 Å². The highest BCUT2D eigenvalue weighted by Gasteiger charge is 2.24. The first-order chi connectivity index (χ1) is 8.19. The SMILES string of the molecule is CCc1cc(NCC(CC)(CC)SC)ncn1. The Kier molecular flexibility index (Phi) is 5.75. The molecule has 17 heavy (non-hydrogen) atoms. The maximum atomic E-state index is 4.26. The monoisotopic (exact) mass is 253 g/mol. The molecule has 1 rings (SSSR count). The predicted molar refractivity (Wildman–Crippen MR) is 76.7 cm³/mol. The summed E-state index contributed by atoms with van der Waals surface area (Å²) in [5.41, 5.74) is 1.09. The Morgan fingerprint density at radius 3 is 2.47 bits per heavy atom. The first-order valence-electron chi connectivity index (χ1n) is 6.29. The molecule has 0 bridgehead atoms. The lowest BCUT2D eigenvalue weighted by Gasteiger charge is -2.30. The molecule has 1 heterocycles. The zero-order chi connectivity index (χ0) is 12.7. The lowest BCUT2D eigenvalue weighted by atomic mass is 10.0. The minimum absolute atomic E-state index is 0.317. The molecule has 3 nitrogen and oxygen atoms in total. The lowest BCUT2D eigenvalue weighted by Crippen LogP contribution is -2.32. The Labute approximate surface area is 109 Å². The third-order valence-electron chi connectivity index (χ3n) is 3.40. The van der Waals surface area contributed by atoms with E-state index in [9.17, 15) is 0 Å². The van der Waals surface area contributed by atoms with E-state index in [0.29, 0.717) is 4.75 Å². The Morgan fingerprint density at radius 1 is 1.24 bits per heavy atom. The number of hydrogen-bond acceptors (Lipinski definition) is 4. The third kappa shape index (κ3) is 3.87. The van der Waals surface area contributed by atoms with Crippen molar-refractivity contribution < 1.29 is 0 Å². The second-order valence-corrected chi connectivity index (χ2v) is 5.47. The summed E-state index contributed by atoms with van der Waals surface area (Å²) in [4.78, 5) is 8.47. The van der Waals surface area contributed by atoms with E-state index in [1.807, 2.05) is 17.8 Å². The highest BCUT2D eigenvalue weighted by atomic mass is 32.2. The van der Waals surface area contributed by atoms with Crippen LogP contribution in [0.15, 0.2) is 12.4 Å². The van der Waals surface area contributed by atoms with Crippen LogP contribution in [0.25, 0.3) is 0 Å². The number of anilines is 1. The number of aryl methyl sites for hydroxylation is 1. The lowest BCUT2D eigenvalue weighted by molar-refractivity contribution is 0.574. The van der Waals surface area contributed by atoms with Gasteiger partial charge in [-0.15, -0.1) is 0 Å². The third-order valence-corrected chi connectivity index (χ3v) is 4.99. The van der Waals surface area contributed by atoms with E-state index in [0.717, 1.165) is 24.5 Å². The van der Waals surface area contributed by atoms with Crippen molar-refractivity contribution in [3.63, 3.8) is 0 Å². The van der Waals surface area contributed by atoms with E-state index in [-0.39, 0.29) is 0 Å². The van der Waals surface area contributed by atoms with Gasteiger partial charge in [-0.2, -0.15) is 11.8 Å². The highest BCUT2D eigenvalue weighted by Crippen LogP contribution is 2.30. The van der Waals surface area contributed by atoms with Gasteiger partial charge < -0.3 is 5.32 Å². The second-order valence-electron chi connectivity index (χ2n) is 4.20. The summed E-state index contributed by atoms with van der Waals surface area (Å²) < 4.78 is 0.317. The van der Waals surface area contributed by atoms with Gasteiger partial charge in [0.1, 0.15) is 12.1 Å². The molecular weight excluding hydrogens is 230 g/mol. The van der Waals surface area contributed by atoms with E-state index >= 15 is 0 Å². The maximum absolute atomic E-state index is 4.26. The Balaban J connectivity index is 2.65. The minimum atomic E-state index is 0.317. The summed E-state index contributed by atoms with van der Waals surface area (Å²) >= 11 is 1.94. The van der Waals surface area contributed by atoms with Crippen LogP contribution in [0, 0.1) is 0 Å². The molecule has 0 aliphatic rings. The maximum Gasteiger partial charge on any atom is 0.129 e. The molecule has 0 unspecified atom stereocenters. The molecule has 0 amide bonds. The minimum Gasteiger partial charge on any atom is -0.369 e. The smallest absolute Gasteiger partial charge is 0.129 e. The van der Waals surface area contributed by atoms with Crippen LogP contribution in [0.3, 0.4) is 0 Å². The van der Waals surface area contributed by atoms with Crippen LogP contribution in [0.4, 0.5) is 5.82 Å². The molecule has 96 valence electrons. The fourth-order valence-corrected chi connectivity index (χ4v) is 2.59. The molecule has 0 aliphatic carbocycles. The molecule has 0 saturated heterocycles. The van der Waals surface area contributed by atoms with Crippen molar-refractivity contribution in [3.8, 4) is 0 Å². The van der Waals surface area contributed by atoms with Crippen molar-refractivity contribution in [2.24, 2.45) is 0 Å². The number of nitrogens with one attached hydrogen (secondary N) is 1. The standard InChI is InChI=1S/C13H23N3S/c1-5-11-8-12(16-10-15-11)14-9-13(6-2,7-3)17-4/h8,10H,5-7,9H2,1-4H3,(H,14,15,16). The van der Waals surface area contributed by atoms with Crippen molar-refractivity contribution in [1.29, 1.82) is 0 Å². The Hall–Kier alpha value is -0.770. The average Bonchev–Trinajstić information content (AvgIpc) is 2.41. The first kappa shape index (κ1) is 14.3. The van der Waals surface area contributed by atoms with Gasteiger partial charge in [0, 0.05) is 23.1 Å². The molecular formula is C13H23N3S. The summed E-state index contributed by atoms with van der Waals surface area (Å²) in [6, 6.07) is 2.04. The van der Waals surface area contributed by atoms with Gasteiger partial charge in [0.25, 0.3) is 0 Å². The van der Waals surface area contributed by atoms with Crippen molar-refractivity contribution >= 4 is 17.6 Å². The van der Waals surface area contributed by atoms with E-state index in [2.05, 4.69) is 42.3 Å². The normalized spacial score (nSPS) is 11.5. The summed E-state index contributed by atoms with van der Waals surface area (Å²) in [7, 11) is 0. The van der Waals surface area contributed by atoms with Gasteiger partial charge in [0.15, 0.2) is 0 Å². The van der Waals surface area contributed by atoms with Crippen LogP contribution < -0.4 is 5.32 Å². The largest absolute Gasteiger partial charge is 0.369 e. The molecule has 0 spiro atoms. The van der Waals surface area contributed by atoms with Gasteiger partial charge in [0.2, 0.25) is 0 Å². The zero-order valence-electron chi connectivity index (χ0n) is 11.3. The quantitative estimate of drug-likeness (QED) is 0.808. The van der Waals surface area contributed by atoms with Crippen molar-refractivity contribution in [2.75, 3.05) is 18.1 Å². The summed E-state index contributed by atoms with van der Waals surface area (Å²) in [5.74, 6) is 0.942. The summed E-state index contributed by atoms with van der Waals surface area (Å²) in [6.45, 7) is 7.57. The van der Waals surface area contributed by atoms with Gasteiger partial charge in [-0.3, -0.25) is 0 Å². The predicted octanol–water partition coefficient (Wildman–Crippen LogP) is 3.37. The number of hydrogen-bond donors (Lipinski definition) is 1. The van der Waals surface area contributed by atoms with Crippen LogP contribution in [0.2, 0.25) is 0 Å². The molecule has 1 aromatic heterocycles. The summed E-state index contributed by atoms with van der Waals surface area (Å²) in [6.07, 6.45) is 7.12. The Morgan fingerprint density at radius 2 is 1.94 bits per heavy atom. The molecule has 0 aromatic carbocycles. The molecule has 0 fully saturated rings. The van der Waals surface area contributed by atoms with Gasteiger partial charge in [-0.25, -0.2) is 9.97 Å². The van der Waals surface area contributed by atoms with Crippen LogP contribution in [-0.4, -0.2) is 27.5 Å². The topological polar surface area (TPSA) is 37.8 Å². The number of thioether (sulfide) groups is 1. The number of aromatic nitrogens is 2. The number of rotatable bonds is 7. The van der Waals surface area contributed by atoms with Gasteiger partial charge in [-0.1, -0.05) is 20.8 Å². The van der Waals surface area contributed by atoms with Crippen LogP contribution >= 0.6 is 11.8 Å². The molecule has 1 aromatic rings. The second kappa shape index (κ2) is 6.84. The van der Waals surface area contributed by atoms with Crippen LogP contribution in [0.1, 0.15) is 39.3 Å². The fraction of sp³-hybridized carbons (Fsp3) is 0.692. The average molecular weight is 253 g/mol. The molecule has 0 saturated carbocycles. The van der Waals surface area contributed by atoms with Crippen LogP contribution in [0.5, 0.6) is 0 Å². The highest BCUT2D eigenvalue weighted by molar-refractivity contribution is 8.00. The Bertz CT molecular complexity index is 329. The first-order valence-corrected chi connectivity index (χ1v) is 7.52. The number of nitrogens with zero attached hydrogens (tertiary/aromatic N) is 2. The molecule has 1 N–H and O–H groups in total. The van der Waals surface area contributed by atoms with E-state index < -0.39 is 0 Å². The van der Waals surface area contributed by atoms with Crippen LogP contribution in [-0.2, 0) is 6.42 Å². The van der Waals surface area contributed by atoms with Crippen molar-refractivity contribution in [2.45, 2.75) is 44.8 Å². The van der Waals surface area contributed by atoms with Crippen molar-refractivity contribution in [3.05, 3.63) is 18.1 Å². The molecule has 0 radical (unpaired) electrons. The zero-order valence-corrected chi connectivity index (χ0v) is 12.1. The van der Waals surface area contributed by atoms with Gasteiger partial charge in [-0.05, 0) is 25.5 Å². The van der Waals surface area contributed by atoms with Crippen molar-refractivity contribution in [1.82, 2.24) is 9.97 Å². The molecule has 4 heteroatoms. The molecule has 0 atom stereocenters. The van der Waals surface area contributed by atoms with E-state index in [1.54, 1.807) is 6.33 Å². The summed E-state index contributed by atoms with van der Waals surface area (Å²) in [5, 5.41) is 3.44. The van der Waals surface area contributed by atoms with Gasteiger partial charge >= 0.3 is 0 Å². The van der Waals surface area contributed by atoms with E-state index in [1.165, 1.54) is 12.8 Å². The fourth-order valence-electron chi connectivity index (χ4n) is 1.80. The molecule has 0 aliphatic heterocycles.